The van der Waals surface area contributed by atoms with Gasteiger partial charge in [-0.05, 0) is 76.0 Å². The zero-order valence-corrected chi connectivity index (χ0v) is 23.8. The number of aryl methyl sites for hydroxylation is 1. The van der Waals surface area contributed by atoms with Crippen LogP contribution in [0.2, 0.25) is 0 Å². The van der Waals surface area contributed by atoms with Gasteiger partial charge in [0.15, 0.2) is 0 Å². The van der Waals surface area contributed by atoms with Crippen LogP contribution in [-0.4, -0.2) is 107 Å². The summed E-state index contributed by atoms with van der Waals surface area (Å²) in [5, 5.41) is 0. The topological polar surface area (TPSA) is 46.4 Å². The number of fused-ring (bicyclic) bond motifs is 4. The van der Waals surface area contributed by atoms with Gasteiger partial charge in [0.2, 0.25) is 0 Å². The summed E-state index contributed by atoms with van der Waals surface area (Å²) in [6.45, 7) is 11.8. The molecular formula is C31H44N8. The smallest absolute Gasteiger partial charge is 0.138 e. The summed E-state index contributed by atoms with van der Waals surface area (Å²) >= 11 is 0. The number of likely N-dealkylation sites (N-methyl/N-ethyl adjacent to an activating group) is 2. The van der Waals surface area contributed by atoms with Gasteiger partial charge < -0.3 is 14.7 Å². The van der Waals surface area contributed by atoms with E-state index in [0.29, 0.717) is 12.0 Å². The second-order valence-corrected chi connectivity index (χ2v) is 12.4. The van der Waals surface area contributed by atoms with Crippen molar-refractivity contribution in [2.75, 3.05) is 77.9 Å². The number of nitrogens with zero attached hydrogens (tertiary/aromatic N) is 8. The number of likely N-dealkylation sites (tertiary alicyclic amines) is 1. The molecule has 6 heterocycles. The maximum absolute atomic E-state index is 5.38. The van der Waals surface area contributed by atoms with Crippen LogP contribution in [0.4, 0.5) is 5.82 Å². The molecule has 0 unspecified atom stereocenters. The Balaban J connectivity index is 1.26. The first-order valence-electron chi connectivity index (χ1n) is 15.2. The van der Waals surface area contributed by atoms with Gasteiger partial charge >= 0.3 is 0 Å². The number of piperidine rings is 1. The third-order valence-corrected chi connectivity index (χ3v) is 9.80. The molecule has 2 atom stereocenters. The molecule has 0 aromatic carbocycles. The Hall–Kier alpha value is -2.52. The predicted molar refractivity (Wildman–Crippen MR) is 156 cm³/mol. The van der Waals surface area contributed by atoms with Crippen molar-refractivity contribution >= 4 is 11.5 Å². The van der Waals surface area contributed by atoms with Crippen molar-refractivity contribution < 1.29 is 0 Å². The van der Waals surface area contributed by atoms with Crippen LogP contribution in [0.3, 0.4) is 0 Å². The zero-order chi connectivity index (χ0) is 26.3. The minimum atomic E-state index is 0.419. The molecule has 8 heteroatoms. The molecule has 8 nitrogen and oxygen atoms in total. The van der Waals surface area contributed by atoms with Crippen LogP contribution in [0.25, 0.3) is 5.65 Å². The lowest BCUT2D eigenvalue weighted by Gasteiger charge is -2.44. The Kier molecular flexibility index (Phi) is 7.05. The van der Waals surface area contributed by atoms with E-state index >= 15 is 0 Å². The Labute approximate surface area is 233 Å². The van der Waals surface area contributed by atoms with Gasteiger partial charge in [0.1, 0.15) is 11.5 Å². The highest BCUT2D eigenvalue weighted by Crippen LogP contribution is 2.43. The monoisotopic (exact) mass is 528 g/mol. The lowest BCUT2D eigenvalue weighted by atomic mass is 9.77. The first-order valence-corrected chi connectivity index (χ1v) is 15.2. The molecule has 3 fully saturated rings. The van der Waals surface area contributed by atoms with Crippen molar-refractivity contribution in [3.05, 3.63) is 59.2 Å². The van der Waals surface area contributed by atoms with Crippen LogP contribution >= 0.6 is 0 Å². The fourth-order valence-electron chi connectivity index (χ4n) is 7.46. The number of rotatable bonds is 5. The van der Waals surface area contributed by atoms with Crippen LogP contribution < -0.4 is 4.90 Å². The van der Waals surface area contributed by atoms with Gasteiger partial charge in [0.05, 0.1) is 23.1 Å². The third-order valence-electron chi connectivity index (χ3n) is 9.80. The quantitative estimate of drug-likeness (QED) is 0.504. The maximum Gasteiger partial charge on any atom is 0.138 e. The molecule has 3 aliphatic heterocycles. The Morgan fingerprint density at radius 3 is 2.44 bits per heavy atom. The van der Waals surface area contributed by atoms with E-state index in [4.69, 9.17) is 9.97 Å². The van der Waals surface area contributed by atoms with Crippen LogP contribution in [0.5, 0.6) is 0 Å². The highest BCUT2D eigenvalue weighted by molar-refractivity contribution is 5.55. The van der Waals surface area contributed by atoms with Gasteiger partial charge in [-0.25, -0.2) is 4.98 Å². The second-order valence-electron chi connectivity index (χ2n) is 12.4. The van der Waals surface area contributed by atoms with E-state index in [1.807, 2.05) is 6.20 Å². The third kappa shape index (κ3) is 4.97. The average Bonchev–Trinajstić information content (AvgIpc) is 3.31. The Bertz CT molecular complexity index is 1290. The van der Waals surface area contributed by atoms with Gasteiger partial charge in [-0.2, -0.15) is 0 Å². The molecule has 1 aliphatic carbocycles. The summed E-state index contributed by atoms with van der Waals surface area (Å²) in [5.41, 5.74) is 6.54. The second kappa shape index (κ2) is 10.8. The van der Waals surface area contributed by atoms with Crippen molar-refractivity contribution in [2.45, 2.75) is 44.8 Å². The number of hydrogen-bond acceptors (Lipinski definition) is 7. The van der Waals surface area contributed by atoms with Crippen molar-refractivity contribution in [1.29, 1.82) is 0 Å². The number of hydrogen-bond donors (Lipinski definition) is 0. The molecule has 4 aliphatic rings. The largest absolute Gasteiger partial charge is 0.355 e. The number of aromatic nitrogens is 3. The molecule has 7 rings (SSSR count). The van der Waals surface area contributed by atoms with Crippen LogP contribution in [0.15, 0.2) is 36.5 Å². The van der Waals surface area contributed by atoms with Gasteiger partial charge in [0.25, 0.3) is 0 Å². The van der Waals surface area contributed by atoms with E-state index in [9.17, 15) is 0 Å². The summed E-state index contributed by atoms with van der Waals surface area (Å²) in [4.78, 5) is 23.2. The molecule has 3 aromatic heterocycles. The fourth-order valence-corrected chi connectivity index (χ4v) is 7.46. The summed E-state index contributed by atoms with van der Waals surface area (Å²) in [5.74, 6) is 2.02. The summed E-state index contributed by atoms with van der Waals surface area (Å²) in [6, 6.07) is 11.6. The fraction of sp³-hybridized carbons (Fsp3) is 0.613. The van der Waals surface area contributed by atoms with Crippen LogP contribution in [-0.2, 0) is 19.5 Å². The molecule has 0 saturated carbocycles. The first-order chi connectivity index (χ1) is 19.1. The zero-order valence-electron chi connectivity index (χ0n) is 23.8. The van der Waals surface area contributed by atoms with E-state index < -0.39 is 0 Å². The molecule has 39 heavy (non-hydrogen) atoms. The van der Waals surface area contributed by atoms with Crippen molar-refractivity contribution in [3.63, 3.8) is 0 Å². The van der Waals surface area contributed by atoms with Crippen molar-refractivity contribution in [3.8, 4) is 0 Å². The lowest BCUT2D eigenvalue weighted by molar-refractivity contribution is 0.0679. The predicted octanol–water partition coefficient (Wildman–Crippen LogP) is 3.13. The number of piperazine rings is 2. The molecule has 3 saturated heterocycles. The average molecular weight is 529 g/mol. The Morgan fingerprint density at radius 1 is 0.821 bits per heavy atom. The van der Waals surface area contributed by atoms with Crippen molar-refractivity contribution in [2.24, 2.45) is 5.92 Å². The number of anilines is 1. The molecule has 0 radical (unpaired) electrons. The lowest BCUT2D eigenvalue weighted by Crippen LogP contribution is -2.45. The molecule has 0 bridgehead atoms. The maximum atomic E-state index is 5.38. The normalized spacial score (nSPS) is 25.6. The summed E-state index contributed by atoms with van der Waals surface area (Å²) in [6.07, 6.45) is 7.06. The molecule has 208 valence electrons. The van der Waals surface area contributed by atoms with Crippen molar-refractivity contribution in [1.82, 2.24) is 34.0 Å². The highest BCUT2D eigenvalue weighted by atomic mass is 15.3. The summed E-state index contributed by atoms with van der Waals surface area (Å²) in [7, 11) is 4.47. The molecule has 0 spiro atoms. The first kappa shape index (κ1) is 25.4. The van der Waals surface area contributed by atoms with E-state index in [1.54, 1.807) is 0 Å². The van der Waals surface area contributed by atoms with E-state index in [-0.39, 0.29) is 0 Å². The minimum absolute atomic E-state index is 0.419. The van der Waals surface area contributed by atoms with Gasteiger partial charge in [-0.3, -0.25) is 19.2 Å². The summed E-state index contributed by atoms with van der Waals surface area (Å²) < 4.78 is 2.51. The van der Waals surface area contributed by atoms with Gasteiger partial charge in [-0.15, -0.1) is 0 Å². The van der Waals surface area contributed by atoms with Gasteiger partial charge in [-0.1, -0.05) is 12.1 Å². The minimum Gasteiger partial charge on any atom is -0.355 e. The van der Waals surface area contributed by atoms with Crippen LogP contribution in [0.1, 0.15) is 47.9 Å². The Morgan fingerprint density at radius 2 is 1.62 bits per heavy atom. The van der Waals surface area contributed by atoms with E-state index in [1.165, 1.54) is 54.1 Å². The standard InChI is InChI=1S/C31H44N8/c1-34-14-18-36(19-15-34)23-27-26(33-28-8-3-9-29(39(27)28)37-20-16-35(2)17-21-37)22-38-13-5-7-25-11-10-24-6-4-12-32-30(24)31(25)38/h3-4,6,8-9,12,25,31H,5,7,10-11,13-23H2,1-2H3/t25-,31-/m0/s1. The van der Waals surface area contributed by atoms with E-state index in [2.05, 4.69) is 73.3 Å². The number of imidazole rings is 1. The SMILES string of the molecule is CN1CCN(Cc2c(CN3CCC[C@H]4CCc5cccnc5[C@H]43)nc3cccc(N4CCN(C)CC4)n23)CC1. The van der Waals surface area contributed by atoms with Crippen LogP contribution in [0, 0.1) is 5.92 Å². The number of pyridine rings is 2. The molecule has 0 amide bonds. The molecule has 0 N–H and O–H groups in total. The highest BCUT2D eigenvalue weighted by Gasteiger charge is 2.38. The molecular weight excluding hydrogens is 484 g/mol. The van der Waals surface area contributed by atoms with E-state index in [0.717, 1.165) is 77.6 Å². The molecule has 3 aromatic rings. The van der Waals surface area contributed by atoms with Gasteiger partial charge in [0, 0.05) is 71.6 Å².